The van der Waals surface area contributed by atoms with Crippen LogP contribution in [-0.4, -0.2) is 49.7 Å². The molecule has 2 heterocycles. The number of nitrogens with one attached hydrogen (secondary N) is 1. The lowest BCUT2D eigenvalue weighted by Crippen LogP contribution is -2.39. The summed E-state index contributed by atoms with van der Waals surface area (Å²) >= 11 is 0. The molecule has 2 aromatic carbocycles. The van der Waals surface area contributed by atoms with E-state index in [9.17, 15) is 4.39 Å². The zero-order valence-corrected chi connectivity index (χ0v) is 17.5. The Morgan fingerprint density at radius 2 is 2.00 bits per heavy atom. The van der Waals surface area contributed by atoms with Crippen molar-refractivity contribution >= 4 is 23.2 Å². The van der Waals surface area contributed by atoms with E-state index < -0.39 is 0 Å². The predicted octanol–water partition coefficient (Wildman–Crippen LogP) is 4.96. The van der Waals surface area contributed by atoms with Gasteiger partial charge in [-0.25, -0.2) is 4.39 Å². The highest BCUT2D eigenvalue weighted by Gasteiger charge is 2.17. The van der Waals surface area contributed by atoms with Crippen molar-refractivity contribution in [1.82, 2.24) is 4.90 Å². The van der Waals surface area contributed by atoms with E-state index in [1.807, 2.05) is 6.92 Å². The largest absolute Gasteiger partial charge is 0.379 e. The standard InChI is InChI=1S/C25H28FN3O/c1-18-15-21(26)6-7-23(18)24(9-10-27)19-5-8-25-20(16-19)3-2-4-22(28-25)17-29-11-13-30-14-12-29/h5-10,15-16,27H,2-4,11-14,17H2,1H3/b24-9-,27-10?. The van der Waals surface area contributed by atoms with E-state index in [1.165, 1.54) is 23.6 Å². The molecule has 2 aliphatic rings. The molecule has 1 saturated heterocycles. The SMILES string of the molecule is Cc1cc(F)ccc1/C(=C\C=N)c1ccc2c(c1)CCCC(CN1CCOCC1)=N2. The lowest BCUT2D eigenvalue weighted by atomic mass is 9.92. The molecule has 0 atom stereocenters. The summed E-state index contributed by atoms with van der Waals surface area (Å²) in [7, 11) is 0. The Kier molecular flexibility index (Phi) is 6.50. The van der Waals surface area contributed by atoms with Crippen LogP contribution in [0.1, 0.15) is 35.1 Å². The molecule has 4 nitrogen and oxygen atoms in total. The first-order chi connectivity index (χ1) is 14.6. The van der Waals surface area contributed by atoms with Crippen LogP contribution in [0.25, 0.3) is 5.57 Å². The number of hydrogen-bond donors (Lipinski definition) is 1. The summed E-state index contributed by atoms with van der Waals surface area (Å²) in [5.41, 5.74) is 7.32. The number of nitrogens with zero attached hydrogens (tertiary/aromatic N) is 2. The fourth-order valence-corrected chi connectivity index (χ4v) is 4.26. The molecule has 0 saturated carbocycles. The van der Waals surface area contributed by atoms with Gasteiger partial charge in [-0.3, -0.25) is 9.89 Å². The maximum atomic E-state index is 13.6. The Morgan fingerprint density at radius 1 is 1.17 bits per heavy atom. The topological polar surface area (TPSA) is 48.7 Å². The number of benzene rings is 2. The molecule has 0 spiro atoms. The number of halogens is 1. The lowest BCUT2D eigenvalue weighted by molar-refractivity contribution is 0.0451. The van der Waals surface area contributed by atoms with Gasteiger partial charge in [0, 0.05) is 31.6 Å². The third-order valence-electron chi connectivity index (χ3n) is 5.82. The van der Waals surface area contributed by atoms with E-state index in [2.05, 4.69) is 23.1 Å². The Labute approximate surface area is 177 Å². The summed E-state index contributed by atoms with van der Waals surface area (Å²) in [6.07, 6.45) is 6.16. The van der Waals surface area contributed by atoms with Gasteiger partial charge in [0.05, 0.1) is 18.9 Å². The summed E-state index contributed by atoms with van der Waals surface area (Å²) in [5, 5.41) is 7.61. The van der Waals surface area contributed by atoms with Gasteiger partial charge in [-0.2, -0.15) is 0 Å². The predicted molar refractivity (Wildman–Crippen MR) is 121 cm³/mol. The highest BCUT2D eigenvalue weighted by Crippen LogP contribution is 2.32. The third-order valence-corrected chi connectivity index (χ3v) is 5.82. The molecule has 0 unspecified atom stereocenters. The number of fused-ring (bicyclic) bond motifs is 1. The van der Waals surface area contributed by atoms with Crippen LogP contribution < -0.4 is 0 Å². The van der Waals surface area contributed by atoms with E-state index in [4.69, 9.17) is 15.1 Å². The third kappa shape index (κ3) is 4.74. The van der Waals surface area contributed by atoms with Crippen molar-refractivity contribution in [1.29, 1.82) is 5.41 Å². The molecular weight excluding hydrogens is 377 g/mol. The van der Waals surface area contributed by atoms with Crippen LogP contribution in [0.15, 0.2) is 47.5 Å². The smallest absolute Gasteiger partial charge is 0.123 e. The average Bonchev–Trinajstić information content (AvgIpc) is 2.94. The van der Waals surface area contributed by atoms with E-state index in [0.717, 1.165) is 80.1 Å². The quantitative estimate of drug-likeness (QED) is 0.715. The fourth-order valence-electron chi connectivity index (χ4n) is 4.26. The monoisotopic (exact) mass is 405 g/mol. The van der Waals surface area contributed by atoms with Crippen LogP contribution in [-0.2, 0) is 11.2 Å². The first-order valence-corrected chi connectivity index (χ1v) is 10.6. The summed E-state index contributed by atoms with van der Waals surface area (Å²) < 4.78 is 19.0. The summed E-state index contributed by atoms with van der Waals surface area (Å²) in [6, 6.07) is 11.2. The normalized spacial score (nSPS) is 17.8. The van der Waals surface area contributed by atoms with Gasteiger partial charge in [0.1, 0.15) is 5.82 Å². The van der Waals surface area contributed by atoms with Crippen molar-refractivity contribution in [3.05, 3.63) is 70.5 Å². The summed E-state index contributed by atoms with van der Waals surface area (Å²) in [5.74, 6) is -0.241. The minimum atomic E-state index is -0.241. The number of aliphatic imine (C=N–C) groups is 1. The molecular formula is C25H28FN3O. The van der Waals surface area contributed by atoms with Crippen molar-refractivity contribution < 1.29 is 9.13 Å². The fraction of sp³-hybridized carbons (Fsp3) is 0.360. The molecule has 0 aliphatic carbocycles. The van der Waals surface area contributed by atoms with Crippen LogP contribution in [0.2, 0.25) is 0 Å². The van der Waals surface area contributed by atoms with Gasteiger partial charge in [0.25, 0.3) is 0 Å². The summed E-state index contributed by atoms with van der Waals surface area (Å²) in [6.45, 7) is 6.37. The average molecular weight is 406 g/mol. The van der Waals surface area contributed by atoms with E-state index in [-0.39, 0.29) is 5.82 Å². The molecule has 2 aromatic rings. The van der Waals surface area contributed by atoms with Crippen LogP contribution >= 0.6 is 0 Å². The van der Waals surface area contributed by atoms with Crippen molar-refractivity contribution in [2.75, 3.05) is 32.8 Å². The van der Waals surface area contributed by atoms with Crippen LogP contribution in [0.4, 0.5) is 10.1 Å². The number of ether oxygens (including phenoxy) is 1. The number of rotatable bonds is 5. The maximum Gasteiger partial charge on any atom is 0.123 e. The number of aryl methyl sites for hydroxylation is 2. The molecule has 0 bridgehead atoms. The van der Waals surface area contributed by atoms with E-state index in [1.54, 1.807) is 18.2 Å². The molecule has 0 amide bonds. The molecule has 4 rings (SSSR count). The van der Waals surface area contributed by atoms with E-state index in [0.29, 0.717) is 0 Å². The Bertz CT molecular complexity index is 990. The zero-order chi connectivity index (χ0) is 20.9. The number of hydrogen-bond acceptors (Lipinski definition) is 4. The molecule has 5 heteroatoms. The molecule has 1 fully saturated rings. The Balaban J connectivity index is 1.63. The lowest BCUT2D eigenvalue weighted by Gasteiger charge is -2.26. The highest BCUT2D eigenvalue weighted by atomic mass is 19.1. The molecule has 156 valence electrons. The minimum Gasteiger partial charge on any atom is -0.379 e. The van der Waals surface area contributed by atoms with Crippen LogP contribution in [0.3, 0.4) is 0 Å². The van der Waals surface area contributed by atoms with Crippen LogP contribution in [0, 0.1) is 18.2 Å². The van der Waals surface area contributed by atoms with Gasteiger partial charge < -0.3 is 10.1 Å². The second-order valence-corrected chi connectivity index (χ2v) is 7.97. The molecule has 2 aliphatic heterocycles. The summed E-state index contributed by atoms with van der Waals surface area (Å²) in [4.78, 5) is 7.42. The van der Waals surface area contributed by atoms with Gasteiger partial charge in [0.2, 0.25) is 0 Å². The molecule has 1 N–H and O–H groups in total. The molecule has 0 radical (unpaired) electrons. The number of morpholine rings is 1. The van der Waals surface area contributed by atoms with Gasteiger partial charge >= 0.3 is 0 Å². The van der Waals surface area contributed by atoms with Gasteiger partial charge in [-0.05, 0) is 84.4 Å². The zero-order valence-electron chi connectivity index (χ0n) is 17.5. The first kappa shape index (κ1) is 20.6. The highest BCUT2D eigenvalue weighted by molar-refractivity contribution is 5.93. The second kappa shape index (κ2) is 9.45. The second-order valence-electron chi connectivity index (χ2n) is 7.97. The van der Waals surface area contributed by atoms with Crippen molar-refractivity contribution in [3.8, 4) is 0 Å². The maximum absolute atomic E-state index is 13.6. The Morgan fingerprint density at radius 3 is 2.77 bits per heavy atom. The molecule has 30 heavy (non-hydrogen) atoms. The number of allylic oxidation sites excluding steroid dienone is 1. The van der Waals surface area contributed by atoms with Crippen LogP contribution in [0.5, 0.6) is 0 Å². The Hall–Kier alpha value is -2.63. The van der Waals surface area contributed by atoms with Gasteiger partial charge in [-0.15, -0.1) is 0 Å². The minimum absolute atomic E-state index is 0.241. The van der Waals surface area contributed by atoms with Crippen molar-refractivity contribution in [3.63, 3.8) is 0 Å². The van der Waals surface area contributed by atoms with Crippen molar-refractivity contribution in [2.45, 2.75) is 26.2 Å². The van der Waals surface area contributed by atoms with Gasteiger partial charge in [0.15, 0.2) is 0 Å². The van der Waals surface area contributed by atoms with E-state index >= 15 is 0 Å². The first-order valence-electron chi connectivity index (χ1n) is 10.6. The molecule has 0 aromatic heterocycles. The van der Waals surface area contributed by atoms with Crippen molar-refractivity contribution in [2.24, 2.45) is 4.99 Å². The van der Waals surface area contributed by atoms with Gasteiger partial charge in [-0.1, -0.05) is 12.1 Å².